The lowest BCUT2D eigenvalue weighted by Crippen LogP contribution is -2.32. The van der Waals surface area contributed by atoms with Gasteiger partial charge in [0.1, 0.15) is 11.9 Å². The van der Waals surface area contributed by atoms with Gasteiger partial charge in [-0.15, -0.1) is 0 Å². The molecule has 16 heteroatoms. The number of alkyl halides is 9. The smallest absolute Gasteiger partial charge is 0.416 e. The minimum atomic E-state index is -5.18. The number of nitrogens with zero attached hydrogens (tertiary/aromatic N) is 1. The van der Waals surface area contributed by atoms with Crippen molar-refractivity contribution in [1.82, 2.24) is 4.90 Å². The minimum Gasteiger partial charge on any atom is -0.496 e. The number of carbonyl (C=O) groups is 2. The molecule has 2 atom stereocenters. The van der Waals surface area contributed by atoms with E-state index in [1.807, 2.05) is 0 Å². The average Bonchev–Trinajstić information content (AvgIpc) is 3.34. The van der Waals surface area contributed by atoms with Crippen molar-refractivity contribution < 1.29 is 63.3 Å². The Hall–Kier alpha value is -5.41. The monoisotopic (exact) mass is 740 g/mol. The Labute approximate surface area is 290 Å². The van der Waals surface area contributed by atoms with E-state index in [9.17, 15) is 49.1 Å². The van der Waals surface area contributed by atoms with Gasteiger partial charge in [-0.3, -0.25) is 4.90 Å². The number of hydrogen-bond donors (Lipinski definition) is 1. The van der Waals surface area contributed by atoms with Crippen molar-refractivity contribution in [3.63, 3.8) is 0 Å². The third-order valence-corrected chi connectivity index (χ3v) is 8.68. The first-order valence-corrected chi connectivity index (χ1v) is 15.3. The topological polar surface area (TPSA) is 91.1 Å². The maximum atomic E-state index is 14.1. The van der Waals surface area contributed by atoms with E-state index in [4.69, 9.17) is 19.9 Å². The number of amides is 1. The molecule has 0 saturated carbocycles. The number of benzene rings is 4. The fourth-order valence-electron chi connectivity index (χ4n) is 6.13. The molecule has 0 aliphatic carbocycles. The second-order valence-corrected chi connectivity index (χ2v) is 12.0. The molecule has 1 saturated heterocycles. The fraction of sp³-hybridized carbons (Fsp3) is 0.278. The zero-order valence-corrected chi connectivity index (χ0v) is 27.7. The molecule has 0 spiro atoms. The minimum absolute atomic E-state index is 0.0115. The van der Waals surface area contributed by atoms with Crippen LogP contribution in [0.3, 0.4) is 0 Å². The van der Waals surface area contributed by atoms with Gasteiger partial charge < -0.3 is 19.9 Å². The van der Waals surface area contributed by atoms with Gasteiger partial charge in [0.15, 0.2) is 0 Å². The number of cyclic esters (lactones) is 1. The molecule has 7 nitrogen and oxygen atoms in total. The highest BCUT2D eigenvalue weighted by atomic mass is 19.4. The van der Waals surface area contributed by atoms with E-state index in [0.717, 1.165) is 11.0 Å². The highest BCUT2D eigenvalue weighted by molar-refractivity contribution is 5.91. The van der Waals surface area contributed by atoms with E-state index in [1.165, 1.54) is 33.3 Å². The molecule has 52 heavy (non-hydrogen) atoms. The second-order valence-electron chi connectivity index (χ2n) is 12.0. The number of nitrogens with two attached hydrogens (primary N) is 1. The van der Waals surface area contributed by atoms with Crippen molar-refractivity contribution in [3.8, 4) is 28.0 Å². The summed E-state index contributed by atoms with van der Waals surface area (Å²) in [5.74, 6) is -0.406. The summed E-state index contributed by atoms with van der Waals surface area (Å²) in [4.78, 5) is 26.1. The Morgan fingerprint density at radius 2 is 1.40 bits per heavy atom. The number of esters is 1. The van der Waals surface area contributed by atoms with Crippen molar-refractivity contribution in [2.45, 2.75) is 51.1 Å². The van der Waals surface area contributed by atoms with E-state index in [1.54, 1.807) is 31.2 Å². The zero-order valence-electron chi connectivity index (χ0n) is 27.7. The van der Waals surface area contributed by atoms with Crippen LogP contribution in [0.2, 0.25) is 0 Å². The van der Waals surface area contributed by atoms with Crippen LogP contribution in [0.15, 0.2) is 66.7 Å². The van der Waals surface area contributed by atoms with E-state index in [2.05, 4.69) is 0 Å². The largest absolute Gasteiger partial charge is 0.496 e. The van der Waals surface area contributed by atoms with Crippen molar-refractivity contribution in [1.29, 1.82) is 0 Å². The summed E-state index contributed by atoms with van der Waals surface area (Å²) in [5, 5.41) is 0. The molecule has 2 N–H and O–H groups in total. The van der Waals surface area contributed by atoms with Crippen molar-refractivity contribution in [2.24, 2.45) is 0 Å². The summed E-state index contributed by atoms with van der Waals surface area (Å²) in [6.45, 7) is 2.36. The maximum absolute atomic E-state index is 14.1. The van der Waals surface area contributed by atoms with Gasteiger partial charge in [-0.1, -0.05) is 12.1 Å². The predicted molar refractivity (Wildman–Crippen MR) is 170 cm³/mol. The SMILES string of the molecule is COC(=O)c1ccc(-c2ccc(OC)c(-c3c(N)cc(C(F)(F)F)cc3CN3C(=O)O[C@H](c4cc(C(F)(F)F)cc(C(F)(F)F)c4)[C@@H]3C)c2)c(C)c1. The molecule has 4 aromatic rings. The Bertz CT molecular complexity index is 2010. The van der Waals surface area contributed by atoms with Gasteiger partial charge in [0.2, 0.25) is 0 Å². The van der Waals surface area contributed by atoms with Crippen LogP contribution in [0.5, 0.6) is 5.75 Å². The van der Waals surface area contributed by atoms with Gasteiger partial charge >= 0.3 is 30.6 Å². The molecule has 1 aliphatic heterocycles. The Balaban J connectivity index is 1.62. The summed E-state index contributed by atoms with van der Waals surface area (Å²) in [5.41, 5.74) is 2.96. The highest BCUT2D eigenvalue weighted by Gasteiger charge is 2.44. The number of methoxy groups -OCH3 is 2. The Morgan fingerprint density at radius 3 is 1.94 bits per heavy atom. The molecular weight excluding hydrogens is 711 g/mol. The number of anilines is 1. The lowest BCUT2D eigenvalue weighted by molar-refractivity contribution is -0.143. The molecule has 0 unspecified atom stereocenters. The average molecular weight is 741 g/mol. The third kappa shape index (κ3) is 7.46. The number of nitrogen functional groups attached to an aromatic ring is 1. The van der Waals surface area contributed by atoms with Gasteiger partial charge in [-0.2, -0.15) is 39.5 Å². The van der Waals surface area contributed by atoms with Crippen LogP contribution >= 0.6 is 0 Å². The van der Waals surface area contributed by atoms with Crippen molar-refractivity contribution in [2.75, 3.05) is 20.0 Å². The number of halogens is 9. The summed E-state index contributed by atoms with van der Waals surface area (Å²) < 4.78 is 139. The molecule has 4 aromatic carbocycles. The molecule has 1 heterocycles. The number of rotatable bonds is 7. The van der Waals surface area contributed by atoms with Crippen molar-refractivity contribution >= 4 is 17.7 Å². The number of ether oxygens (including phenoxy) is 3. The van der Waals surface area contributed by atoms with Crippen LogP contribution in [-0.2, 0) is 34.5 Å². The third-order valence-electron chi connectivity index (χ3n) is 8.68. The zero-order chi connectivity index (χ0) is 38.5. The normalized spacial score (nSPS) is 16.6. The number of carbonyl (C=O) groups excluding carboxylic acids is 2. The van der Waals surface area contributed by atoms with Crippen LogP contribution in [0, 0.1) is 6.92 Å². The van der Waals surface area contributed by atoms with E-state index in [-0.39, 0.29) is 39.8 Å². The lowest BCUT2D eigenvalue weighted by atomic mass is 9.90. The van der Waals surface area contributed by atoms with Crippen molar-refractivity contribution in [3.05, 3.63) is 106 Å². The van der Waals surface area contributed by atoms with Crippen LogP contribution in [0.4, 0.5) is 50.0 Å². The predicted octanol–water partition coefficient (Wildman–Crippen LogP) is 9.84. The molecule has 5 rings (SSSR count). The number of aryl methyl sites for hydroxylation is 1. The lowest BCUT2D eigenvalue weighted by Gasteiger charge is -2.25. The molecule has 0 aromatic heterocycles. The molecule has 276 valence electrons. The first kappa shape index (κ1) is 37.8. The fourth-order valence-corrected chi connectivity index (χ4v) is 6.13. The van der Waals surface area contributed by atoms with Crippen LogP contribution in [0.25, 0.3) is 22.3 Å². The summed E-state index contributed by atoms with van der Waals surface area (Å²) in [7, 11) is 2.54. The molecule has 1 amide bonds. The van der Waals surface area contributed by atoms with Crippen LogP contribution in [0.1, 0.15) is 56.8 Å². The van der Waals surface area contributed by atoms with Gasteiger partial charge in [0.25, 0.3) is 0 Å². The molecule has 1 aliphatic rings. The number of hydrogen-bond acceptors (Lipinski definition) is 6. The molecule has 1 fully saturated rings. The standard InChI is InChI=1S/C36H29F9N2O5/c1-17-9-20(32(48)51-4)5-7-26(17)19-6-8-29(50-3)27(13-19)30-22(12-25(15-28(30)46)36(43,44)45)16-47-18(2)31(52-33(47)49)21-10-23(34(37,38)39)14-24(11-21)35(40,41)42/h5-15,18,31H,16,46H2,1-4H3/t18-,31-/m0/s1. The summed E-state index contributed by atoms with van der Waals surface area (Å²) in [6.07, 6.45) is -18.1. The first-order chi connectivity index (χ1) is 24.1. The summed E-state index contributed by atoms with van der Waals surface area (Å²) in [6, 6.07) is 10.5. The molecular formula is C36H29F9N2O5. The quantitative estimate of drug-likeness (QED) is 0.115. The van der Waals surface area contributed by atoms with Gasteiger partial charge in [-0.05, 0) is 96.3 Å². The van der Waals surface area contributed by atoms with Gasteiger partial charge in [-0.25, -0.2) is 9.59 Å². The summed E-state index contributed by atoms with van der Waals surface area (Å²) >= 11 is 0. The highest BCUT2D eigenvalue weighted by Crippen LogP contribution is 2.45. The van der Waals surface area contributed by atoms with Crippen LogP contribution in [-0.4, -0.2) is 37.2 Å². The Kier molecular flexibility index (Phi) is 9.91. The Morgan fingerprint density at radius 1 is 0.808 bits per heavy atom. The van der Waals surface area contributed by atoms with Gasteiger partial charge in [0.05, 0.1) is 49.1 Å². The van der Waals surface area contributed by atoms with E-state index >= 15 is 0 Å². The van der Waals surface area contributed by atoms with Crippen LogP contribution < -0.4 is 10.5 Å². The molecule has 0 bridgehead atoms. The second kappa shape index (κ2) is 13.6. The van der Waals surface area contributed by atoms with Gasteiger partial charge in [0, 0.05) is 16.8 Å². The van der Waals surface area contributed by atoms with E-state index in [0.29, 0.717) is 34.9 Å². The maximum Gasteiger partial charge on any atom is 0.416 e. The molecule has 0 radical (unpaired) electrons. The first-order valence-electron chi connectivity index (χ1n) is 15.3. The van der Waals surface area contributed by atoms with E-state index < -0.39 is 71.5 Å².